The van der Waals surface area contributed by atoms with E-state index in [0.717, 1.165) is 68.5 Å². The number of rotatable bonds is 9. The second-order valence-corrected chi connectivity index (χ2v) is 19.7. The van der Waals surface area contributed by atoms with Gasteiger partial charge in [-0.25, -0.2) is 4.79 Å². The SMILES string of the molecule is CC.CC12CCN(C/C=C/C(=O)O)C(C)(C)[C@@H]1CCC1(C)[C@@H]2CCC2[C@H]3CCCC3(CNCCCN3CCS(=O)CC3)CC[C@]21C.CCC. The van der Waals surface area contributed by atoms with Crippen LogP contribution in [-0.2, 0) is 15.6 Å². The molecule has 6 fully saturated rings. The summed E-state index contributed by atoms with van der Waals surface area (Å²) >= 11 is 0. The van der Waals surface area contributed by atoms with Crippen LogP contribution in [0.25, 0.3) is 0 Å². The number of carbonyl (C=O) groups is 1. The standard InChI is InChI=1S/C37H63N3O3S.C3H8.C2H6/c1-33(2)30-13-15-36(5)31(34(30,3)18-22-40(33)21-7-10-32(41)42)12-11-28-29-9-6-14-37(29,17-16-35(28,36)4)27-38-19-8-20-39-23-25-44(43)26-24-39;1-3-2;1-2/h7,10,28-31,38H,6,8-9,11-27H2,1-5H3,(H,41,42);3H2,1-2H3;1-2H3/b10-7+;;/t28?,29-,30+,31-,34?,35-,36?,37?;;/m1../s1. The number of piperidine rings is 1. The fraction of sp³-hybridized carbons (Fsp3) is 0.929. The van der Waals surface area contributed by atoms with Gasteiger partial charge in [-0.1, -0.05) is 67.4 Å². The first-order valence-corrected chi connectivity index (χ1v) is 22.2. The van der Waals surface area contributed by atoms with E-state index in [2.05, 4.69) is 63.6 Å². The van der Waals surface area contributed by atoms with Crippen LogP contribution < -0.4 is 5.32 Å². The molecule has 2 heterocycles. The van der Waals surface area contributed by atoms with Gasteiger partial charge in [0.1, 0.15) is 0 Å². The van der Waals surface area contributed by atoms with Crippen molar-refractivity contribution in [2.45, 2.75) is 145 Å². The van der Waals surface area contributed by atoms with E-state index in [1.165, 1.54) is 89.7 Å². The Morgan fingerprint density at radius 1 is 0.857 bits per heavy atom. The molecule has 4 unspecified atom stereocenters. The first-order valence-electron chi connectivity index (χ1n) is 20.7. The maximum Gasteiger partial charge on any atom is 0.328 e. The van der Waals surface area contributed by atoms with E-state index in [9.17, 15) is 9.00 Å². The molecule has 0 radical (unpaired) electrons. The van der Waals surface area contributed by atoms with Crippen molar-refractivity contribution in [1.82, 2.24) is 15.1 Å². The summed E-state index contributed by atoms with van der Waals surface area (Å²) in [5, 5.41) is 13.1. The van der Waals surface area contributed by atoms with Crippen molar-refractivity contribution < 1.29 is 14.1 Å². The minimum atomic E-state index is -0.842. The first-order chi connectivity index (χ1) is 23.3. The first kappa shape index (κ1) is 41.0. The van der Waals surface area contributed by atoms with Crippen LogP contribution in [0.4, 0.5) is 0 Å². The molecule has 49 heavy (non-hydrogen) atoms. The number of nitrogens with zero attached hydrogens (tertiary/aromatic N) is 2. The van der Waals surface area contributed by atoms with E-state index < -0.39 is 16.8 Å². The highest BCUT2D eigenvalue weighted by Crippen LogP contribution is 2.76. The molecule has 0 bridgehead atoms. The van der Waals surface area contributed by atoms with Gasteiger partial charge < -0.3 is 15.3 Å². The lowest BCUT2D eigenvalue weighted by Crippen LogP contribution is -2.69. The third-order valence-corrected chi connectivity index (χ3v) is 16.8. The van der Waals surface area contributed by atoms with Crippen LogP contribution in [0.2, 0.25) is 0 Å². The van der Waals surface area contributed by atoms with E-state index in [1.54, 1.807) is 0 Å². The topological polar surface area (TPSA) is 72.9 Å². The number of hydrogen-bond donors (Lipinski definition) is 2. The second-order valence-electron chi connectivity index (χ2n) is 18.0. The molecule has 6 rings (SSSR count). The van der Waals surface area contributed by atoms with Gasteiger partial charge in [0.05, 0.1) is 0 Å². The molecule has 0 spiro atoms. The third-order valence-electron chi connectivity index (χ3n) is 15.6. The number of carboxylic acid groups (broad SMARTS) is 1. The largest absolute Gasteiger partial charge is 0.478 e. The molecule has 7 heteroatoms. The number of hydrogen-bond acceptors (Lipinski definition) is 5. The zero-order valence-corrected chi connectivity index (χ0v) is 34.2. The second kappa shape index (κ2) is 16.9. The Bertz CT molecular complexity index is 1130. The molecular formula is C42H77N3O3S. The molecule has 2 saturated heterocycles. The van der Waals surface area contributed by atoms with Gasteiger partial charge in [-0.15, -0.1) is 0 Å². The molecule has 6 nitrogen and oxygen atoms in total. The van der Waals surface area contributed by atoms with Crippen molar-refractivity contribution in [3.63, 3.8) is 0 Å². The van der Waals surface area contributed by atoms with Gasteiger partial charge in [0.25, 0.3) is 0 Å². The Hall–Kier alpha value is -0.760. The van der Waals surface area contributed by atoms with E-state index >= 15 is 0 Å². The highest BCUT2D eigenvalue weighted by atomic mass is 32.2. The average Bonchev–Trinajstić information content (AvgIpc) is 3.48. The number of likely N-dealkylation sites (tertiary alicyclic amines) is 1. The van der Waals surface area contributed by atoms with Crippen molar-refractivity contribution >= 4 is 16.8 Å². The fourth-order valence-corrected chi connectivity index (χ4v) is 14.2. The van der Waals surface area contributed by atoms with E-state index in [4.69, 9.17) is 5.11 Å². The molecular weight excluding hydrogens is 627 g/mol. The van der Waals surface area contributed by atoms with Crippen LogP contribution in [0, 0.1) is 45.3 Å². The maximum atomic E-state index is 11.7. The Labute approximate surface area is 304 Å². The highest BCUT2D eigenvalue weighted by Gasteiger charge is 2.69. The summed E-state index contributed by atoms with van der Waals surface area (Å²) in [6, 6.07) is 0. The predicted octanol–water partition coefficient (Wildman–Crippen LogP) is 8.63. The Kier molecular flexibility index (Phi) is 14.2. The maximum absolute atomic E-state index is 11.7. The minimum Gasteiger partial charge on any atom is -0.478 e. The minimum absolute atomic E-state index is 0.0839. The van der Waals surface area contributed by atoms with Gasteiger partial charge in [0.2, 0.25) is 0 Å². The number of nitrogens with one attached hydrogen (secondary N) is 1. The monoisotopic (exact) mass is 704 g/mol. The van der Waals surface area contributed by atoms with Gasteiger partial charge in [-0.2, -0.15) is 0 Å². The third kappa shape index (κ3) is 7.96. The lowest BCUT2D eigenvalue weighted by molar-refractivity contribution is -0.238. The normalized spacial score (nSPS) is 40.5. The van der Waals surface area contributed by atoms with Crippen LogP contribution in [0.1, 0.15) is 139 Å². The summed E-state index contributed by atoms with van der Waals surface area (Å²) in [4.78, 5) is 16.2. The average molecular weight is 704 g/mol. The fourth-order valence-electron chi connectivity index (χ4n) is 13.0. The molecule has 0 amide bonds. The molecule has 4 aliphatic carbocycles. The van der Waals surface area contributed by atoms with Crippen molar-refractivity contribution in [2.24, 2.45) is 45.3 Å². The summed E-state index contributed by atoms with van der Waals surface area (Å²) in [5.74, 6) is 4.07. The summed E-state index contributed by atoms with van der Waals surface area (Å²) in [6.07, 6.45) is 19.5. The Morgan fingerprint density at radius 2 is 1.55 bits per heavy atom. The van der Waals surface area contributed by atoms with E-state index in [-0.39, 0.29) is 5.54 Å². The molecule has 0 aromatic carbocycles. The van der Waals surface area contributed by atoms with E-state index in [0.29, 0.717) is 27.6 Å². The molecule has 8 atom stereocenters. The highest BCUT2D eigenvalue weighted by molar-refractivity contribution is 7.85. The Morgan fingerprint density at radius 3 is 2.22 bits per heavy atom. The van der Waals surface area contributed by atoms with Crippen LogP contribution in [0.15, 0.2) is 12.2 Å². The van der Waals surface area contributed by atoms with Crippen LogP contribution >= 0.6 is 0 Å². The lowest BCUT2D eigenvalue weighted by Gasteiger charge is -2.73. The van der Waals surface area contributed by atoms with Crippen LogP contribution in [-0.4, -0.2) is 87.9 Å². The van der Waals surface area contributed by atoms with Gasteiger partial charge in [0.15, 0.2) is 0 Å². The van der Waals surface area contributed by atoms with Gasteiger partial charge in [-0.3, -0.25) is 9.11 Å². The zero-order valence-electron chi connectivity index (χ0n) is 33.4. The molecule has 284 valence electrons. The summed E-state index contributed by atoms with van der Waals surface area (Å²) in [5.41, 5.74) is 1.78. The lowest BCUT2D eigenvalue weighted by atomic mass is 9.33. The number of fused-ring (bicyclic) bond motifs is 7. The predicted molar refractivity (Wildman–Crippen MR) is 208 cm³/mol. The van der Waals surface area contributed by atoms with Crippen molar-refractivity contribution in [3.05, 3.63) is 12.2 Å². The smallest absolute Gasteiger partial charge is 0.328 e. The zero-order chi connectivity index (χ0) is 36.1. The Balaban J connectivity index is 0.00000103. The molecule has 6 aliphatic rings. The quantitative estimate of drug-likeness (QED) is 0.185. The molecule has 2 aliphatic heterocycles. The van der Waals surface area contributed by atoms with Crippen LogP contribution in [0.5, 0.6) is 0 Å². The van der Waals surface area contributed by atoms with Crippen molar-refractivity contribution in [3.8, 4) is 0 Å². The molecule has 0 aromatic heterocycles. The summed E-state index contributed by atoms with van der Waals surface area (Å²) in [7, 11) is -0.580. The molecule has 0 aromatic rings. The number of carboxylic acids is 1. The molecule has 2 N–H and O–H groups in total. The van der Waals surface area contributed by atoms with Gasteiger partial charge in [-0.05, 0) is 143 Å². The van der Waals surface area contributed by atoms with E-state index in [1.807, 2.05) is 19.9 Å². The van der Waals surface area contributed by atoms with Crippen molar-refractivity contribution in [2.75, 3.05) is 57.3 Å². The molecule has 4 saturated carbocycles. The van der Waals surface area contributed by atoms with Gasteiger partial charge >= 0.3 is 5.97 Å². The number of aliphatic carboxylic acids is 1. The summed E-state index contributed by atoms with van der Waals surface area (Å²) in [6.45, 7) is 28.7. The van der Waals surface area contributed by atoms with Gasteiger partial charge in [0, 0.05) is 60.1 Å². The summed E-state index contributed by atoms with van der Waals surface area (Å²) < 4.78 is 11.7. The van der Waals surface area contributed by atoms with Crippen LogP contribution in [0.3, 0.4) is 0 Å². The van der Waals surface area contributed by atoms with Crippen molar-refractivity contribution in [1.29, 1.82) is 0 Å².